The summed E-state index contributed by atoms with van der Waals surface area (Å²) in [6, 6.07) is 13.6. The van der Waals surface area contributed by atoms with Gasteiger partial charge in [-0.05, 0) is 37.3 Å². The Bertz CT molecular complexity index is 1190. The summed E-state index contributed by atoms with van der Waals surface area (Å²) in [4.78, 5) is 13.8. The third-order valence-corrected chi connectivity index (χ3v) is 7.96. The Morgan fingerprint density at radius 1 is 1.23 bits per heavy atom. The topological polar surface area (TPSA) is 96.4 Å². The third kappa shape index (κ3) is 6.41. The van der Waals surface area contributed by atoms with Crippen LogP contribution in [0.1, 0.15) is 25.0 Å². The van der Waals surface area contributed by atoms with Crippen LogP contribution in [-0.4, -0.2) is 81.2 Å². The number of ether oxygens (including phenoxy) is 2. The largest absolute Gasteiger partial charge is 0.487 e. The number of aliphatic hydroxyl groups excluding tert-OH is 1. The van der Waals surface area contributed by atoms with Crippen LogP contribution in [-0.2, 0) is 19.6 Å². The fraction of sp³-hybridized carbons (Fsp3) is 0.423. The molecule has 1 heterocycles. The number of amides is 1. The number of carbonyl (C=O) groups excluding carboxylic acids is 1. The van der Waals surface area contributed by atoms with E-state index in [4.69, 9.17) is 9.47 Å². The molecular formula is C26H32N2O6S. The predicted molar refractivity (Wildman–Crippen MR) is 132 cm³/mol. The fourth-order valence-corrected chi connectivity index (χ4v) is 5.62. The van der Waals surface area contributed by atoms with Gasteiger partial charge < -0.3 is 19.5 Å². The molecule has 1 N–H and O–H groups in total. The number of benzene rings is 2. The highest BCUT2D eigenvalue weighted by atomic mass is 32.2. The second-order valence-corrected chi connectivity index (χ2v) is 10.6. The standard InChI is InChI=1S/C26H32N2O6S/c1-19-15-28(20(2)17-29)35(31,32)25-13-12-22(11-10-21-8-6-5-7-9-21)14-23(25)34-24(19)16-27(3)26(30)18-33-4/h5-9,12-14,19-20,24,29H,15-18H2,1-4H3/t19-,20-,24-/m1/s1. The summed E-state index contributed by atoms with van der Waals surface area (Å²) >= 11 is 0. The van der Waals surface area contributed by atoms with Crippen molar-refractivity contribution in [3.63, 3.8) is 0 Å². The number of hydrogen-bond donors (Lipinski definition) is 1. The van der Waals surface area contributed by atoms with E-state index in [1.165, 1.54) is 22.4 Å². The van der Waals surface area contributed by atoms with Crippen LogP contribution in [0.5, 0.6) is 5.75 Å². The lowest BCUT2D eigenvalue weighted by Crippen LogP contribution is -2.50. The number of rotatable bonds is 6. The lowest BCUT2D eigenvalue weighted by Gasteiger charge is -2.37. The summed E-state index contributed by atoms with van der Waals surface area (Å²) in [5.74, 6) is 5.82. The van der Waals surface area contributed by atoms with Gasteiger partial charge in [0.25, 0.3) is 0 Å². The number of carbonyl (C=O) groups is 1. The van der Waals surface area contributed by atoms with Gasteiger partial charge in [-0.15, -0.1) is 0 Å². The van der Waals surface area contributed by atoms with Crippen LogP contribution < -0.4 is 4.74 Å². The molecule has 8 nitrogen and oxygen atoms in total. The molecule has 0 unspecified atom stereocenters. The zero-order valence-electron chi connectivity index (χ0n) is 20.5. The summed E-state index contributed by atoms with van der Waals surface area (Å²) in [6.45, 7) is 3.53. The number of sulfonamides is 1. The lowest BCUT2D eigenvalue weighted by atomic mass is 10.0. The van der Waals surface area contributed by atoms with Crippen molar-refractivity contribution in [1.29, 1.82) is 0 Å². The average molecular weight is 501 g/mol. The average Bonchev–Trinajstić information content (AvgIpc) is 2.85. The summed E-state index contributed by atoms with van der Waals surface area (Å²) in [6.07, 6.45) is -0.499. The maximum atomic E-state index is 13.6. The monoisotopic (exact) mass is 500 g/mol. The van der Waals surface area contributed by atoms with Gasteiger partial charge in [0.2, 0.25) is 15.9 Å². The second-order valence-electron chi connectivity index (χ2n) is 8.72. The minimum atomic E-state index is -3.95. The smallest absolute Gasteiger partial charge is 0.248 e. The van der Waals surface area contributed by atoms with Crippen molar-refractivity contribution in [1.82, 2.24) is 9.21 Å². The van der Waals surface area contributed by atoms with Crippen LogP contribution in [0.25, 0.3) is 0 Å². The van der Waals surface area contributed by atoms with Crippen LogP contribution in [0.3, 0.4) is 0 Å². The second kappa shape index (κ2) is 11.7. The first-order chi connectivity index (χ1) is 16.7. The van der Waals surface area contributed by atoms with Gasteiger partial charge in [0.1, 0.15) is 23.4 Å². The Labute approximate surface area is 207 Å². The van der Waals surface area contributed by atoms with Gasteiger partial charge in [0.05, 0.1) is 13.2 Å². The van der Waals surface area contributed by atoms with Gasteiger partial charge in [-0.2, -0.15) is 4.31 Å². The van der Waals surface area contributed by atoms with Crippen LogP contribution in [0.2, 0.25) is 0 Å². The lowest BCUT2D eigenvalue weighted by molar-refractivity contribution is -0.135. The Hall–Kier alpha value is -2.90. The van der Waals surface area contributed by atoms with Crippen molar-refractivity contribution in [2.75, 3.05) is 40.5 Å². The minimum Gasteiger partial charge on any atom is -0.487 e. The van der Waals surface area contributed by atoms with Crippen molar-refractivity contribution in [2.45, 2.75) is 30.9 Å². The maximum Gasteiger partial charge on any atom is 0.248 e. The molecule has 0 aromatic heterocycles. The van der Waals surface area contributed by atoms with Crippen LogP contribution in [0.4, 0.5) is 0 Å². The molecule has 0 saturated heterocycles. The first-order valence-corrected chi connectivity index (χ1v) is 12.8. The van der Waals surface area contributed by atoms with Crippen molar-refractivity contribution in [3.05, 3.63) is 59.7 Å². The number of aliphatic hydroxyl groups is 1. The van der Waals surface area contributed by atoms with Crippen molar-refractivity contribution in [3.8, 4) is 17.6 Å². The molecule has 35 heavy (non-hydrogen) atoms. The van der Waals surface area contributed by atoms with E-state index in [0.717, 1.165) is 5.56 Å². The summed E-state index contributed by atoms with van der Waals surface area (Å²) in [7, 11) is -0.839. The number of hydrogen-bond acceptors (Lipinski definition) is 6. The van der Waals surface area contributed by atoms with E-state index >= 15 is 0 Å². The van der Waals surface area contributed by atoms with Crippen molar-refractivity contribution in [2.24, 2.45) is 5.92 Å². The van der Waals surface area contributed by atoms with Gasteiger partial charge in [0.15, 0.2) is 0 Å². The highest BCUT2D eigenvalue weighted by molar-refractivity contribution is 7.89. The zero-order valence-corrected chi connectivity index (χ0v) is 21.3. The normalized spacial score (nSPS) is 20.3. The molecule has 0 fully saturated rings. The predicted octanol–water partition coefficient (Wildman–Crippen LogP) is 1.96. The van der Waals surface area contributed by atoms with E-state index in [-0.39, 0.29) is 48.8 Å². The Morgan fingerprint density at radius 3 is 2.57 bits per heavy atom. The molecular weight excluding hydrogens is 468 g/mol. The number of nitrogens with zero attached hydrogens (tertiary/aromatic N) is 2. The minimum absolute atomic E-state index is 0.00540. The van der Waals surface area contributed by atoms with E-state index in [1.807, 2.05) is 37.3 Å². The molecule has 2 aromatic carbocycles. The molecule has 0 radical (unpaired) electrons. The highest BCUT2D eigenvalue weighted by Gasteiger charge is 2.38. The van der Waals surface area contributed by atoms with Crippen LogP contribution >= 0.6 is 0 Å². The number of methoxy groups -OCH3 is 1. The van der Waals surface area contributed by atoms with Crippen molar-refractivity contribution >= 4 is 15.9 Å². The molecule has 3 atom stereocenters. The van der Waals surface area contributed by atoms with E-state index < -0.39 is 22.2 Å². The molecule has 1 aliphatic rings. The Kier molecular flexibility index (Phi) is 8.92. The molecule has 2 aromatic rings. The van der Waals surface area contributed by atoms with E-state index in [0.29, 0.717) is 5.56 Å². The van der Waals surface area contributed by atoms with Gasteiger partial charge in [-0.3, -0.25) is 4.79 Å². The number of likely N-dealkylation sites (N-methyl/N-ethyl adjacent to an activating group) is 1. The van der Waals surface area contributed by atoms with Gasteiger partial charge >= 0.3 is 0 Å². The highest BCUT2D eigenvalue weighted by Crippen LogP contribution is 2.34. The molecule has 9 heteroatoms. The van der Waals surface area contributed by atoms with Gasteiger partial charge in [-0.1, -0.05) is 37.0 Å². The zero-order chi connectivity index (χ0) is 25.6. The van der Waals surface area contributed by atoms with Crippen LogP contribution in [0.15, 0.2) is 53.4 Å². The Balaban J connectivity index is 2.04. The van der Waals surface area contributed by atoms with E-state index in [1.54, 1.807) is 26.1 Å². The van der Waals surface area contributed by atoms with Gasteiger partial charge in [0, 0.05) is 43.8 Å². The Morgan fingerprint density at radius 2 is 1.91 bits per heavy atom. The van der Waals surface area contributed by atoms with Crippen LogP contribution in [0, 0.1) is 17.8 Å². The molecule has 0 bridgehead atoms. The molecule has 188 valence electrons. The molecule has 0 spiro atoms. The number of fused-ring (bicyclic) bond motifs is 1. The summed E-state index contributed by atoms with van der Waals surface area (Å²) in [5, 5.41) is 9.76. The van der Waals surface area contributed by atoms with Crippen molar-refractivity contribution < 1.29 is 27.8 Å². The maximum absolute atomic E-state index is 13.6. The fourth-order valence-electron chi connectivity index (χ4n) is 3.79. The molecule has 1 aliphatic heterocycles. The SMILES string of the molecule is COCC(=O)N(C)C[C@H]1Oc2cc(C#Cc3ccccc3)ccc2S(=O)(=O)N([C@H](C)CO)C[C@H]1C. The molecule has 0 aliphatic carbocycles. The van der Waals surface area contributed by atoms with Gasteiger partial charge in [-0.25, -0.2) is 8.42 Å². The summed E-state index contributed by atoms with van der Waals surface area (Å²) < 4.78 is 39.6. The summed E-state index contributed by atoms with van der Waals surface area (Å²) in [5.41, 5.74) is 1.43. The first kappa shape index (κ1) is 26.7. The quantitative estimate of drug-likeness (QED) is 0.610. The third-order valence-electron chi connectivity index (χ3n) is 5.94. The first-order valence-electron chi connectivity index (χ1n) is 11.4. The van der Waals surface area contributed by atoms with E-state index in [2.05, 4.69) is 11.8 Å². The van der Waals surface area contributed by atoms with E-state index in [9.17, 15) is 18.3 Å². The molecule has 1 amide bonds. The molecule has 0 saturated carbocycles. The molecule has 3 rings (SSSR count).